The molecule has 0 aromatic carbocycles. The van der Waals surface area contributed by atoms with Crippen molar-refractivity contribution < 1.29 is 26.5 Å². The van der Waals surface area contributed by atoms with Crippen molar-refractivity contribution >= 4 is 10.0 Å². The zero-order valence-corrected chi connectivity index (χ0v) is 15.2. The predicted octanol–water partition coefficient (Wildman–Crippen LogP) is 1.81. The SMILES string of the molecule is CC(C)CC(NS(C)(=O)=O)c1nc(-c2cnc(OCC(F)F)cn2)no1. The first-order valence-corrected chi connectivity index (χ1v) is 9.57. The average Bonchev–Trinajstić information content (AvgIpc) is 3.01. The minimum absolute atomic E-state index is 0.0609. The average molecular weight is 391 g/mol. The number of sulfonamides is 1. The van der Waals surface area contributed by atoms with E-state index in [1.165, 1.54) is 6.20 Å². The molecule has 0 aliphatic rings. The molecule has 2 aromatic rings. The van der Waals surface area contributed by atoms with Crippen LogP contribution in [0, 0.1) is 5.92 Å². The summed E-state index contributed by atoms with van der Waals surface area (Å²) in [7, 11) is -3.48. The summed E-state index contributed by atoms with van der Waals surface area (Å²) in [6.07, 6.45) is 1.30. The third kappa shape index (κ3) is 6.26. The summed E-state index contributed by atoms with van der Waals surface area (Å²) in [5.74, 6) is 0.306. The molecule has 144 valence electrons. The normalized spacial score (nSPS) is 13.3. The highest BCUT2D eigenvalue weighted by Gasteiger charge is 2.24. The monoisotopic (exact) mass is 391 g/mol. The Balaban J connectivity index is 2.16. The van der Waals surface area contributed by atoms with Gasteiger partial charge in [0.05, 0.1) is 18.6 Å². The van der Waals surface area contributed by atoms with E-state index in [1.54, 1.807) is 0 Å². The lowest BCUT2D eigenvalue weighted by atomic mass is 10.0. The van der Waals surface area contributed by atoms with Crippen LogP contribution >= 0.6 is 0 Å². The number of aromatic nitrogens is 4. The Kier molecular flexibility index (Phi) is 6.53. The summed E-state index contributed by atoms with van der Waals surface area (Å²) in [6, 6.07) is -0.673. The van der Waals surface area contributed by atoms with E-state index in [9.17, 15) is 17.2 Å². The van der Waals surface area contributed by atoms with Crippen molar-refractivity contribution in [3.8, 4) is 17.4 Å². The van der Waals surface area contributed by atoms with Gasteiger partial charge < -0.3 is 9.26 Å². The van der Waals surface area contributed by atoms with Crippen LogP contribution < -0.4 is 9.46 Å². The van der Waals surface area contributed by atoms with Gasteiger partial charge in [-0.3, -0.25) is 0 Å². The second-order valence-corrected chi connectivity index (χ2v) is 7.75. The van der Waals surface area contributed by atoms with E-state index in [0.29, 0.717) is 6.42 Å². The van der Waals surface area contributed by atoms with E-state index in [0.717, 1.165) is 12.5 Å². The second-order valence-electron chi connectivity index (χ2n) is 5.97. The van der Waals surface area contributed by atoms with Gasteiger partial charge in [0.1, 0.15) is 11.7 Å². The van der Waals surface area contributed by atoms with Gasteiger partial charge in [0.2, 0.25) is 27.6 Å². The van der Waals surface area contributed by atoms with Crippen LogP contribution in [-0.2, 0) is 10.0 Å². The van der Waals surface area contributed by atoms with Crippen LogP contribution in [0.15, 0.2) is 16.9 Å². The minimum Gasteiger partial charge on any atom is -0.470 e. The van der Waals surface area contributed by atoms with Crippen LogP contribution in [-0.4, -0.2) is 47.8 Å². The van der Waals surface area contributed by atoms with Gasteiger partial charge in [-0.25, -0.2) is 31.9 Å². The van der Waals surface area contributed by atoms with Crippen molar-refractivity contribution in [2.24, 2.45) is 5.92 Å². The van der Waals surface area contributed by atoms with Crippen LogP contribution in [0.1, 0.15) is 32.2 Å². The second kappa shape index (κ2) is 8.45. The van der Waals surface area contributed by atoms with Crippen molar-refractivity contribution in [3.63, 3.8) is 0 Å². The van der Waals surface area contributed by atoms with Crippen molar-refractivity contribution in [1.29, 1.82) is 0 Å². The predicted molar refractivity (Wildman–Crippen MR) is 87.0 cm³/mol. The van der Waals surface area contributed by atoms with Crippen LogP contribution in [0.4, 0.5) is 8.78 Å². The standard InChI is InChI=1S/C14H19F2N5O4S/c1-8(2)4-9(21-26(3,22)23)14-19-13(20-25-14)10-5-18-12(6-17-10)24-7-11(15)16/h5-6,8-9,11,21H,4,7H2,1-3H3. The fraction of sp³-hybridized carbons (Fsp3) is 0.571. The highest BCUT2D eigenvalue weighted by molar-refractivity contribution is 7.88. The first-order chi connectivity index (χ1) is 12.1. The van der Waals surface area contributed by atoms with E-state index in [-0.39, 0.29) is 29.2 Å². The number of hydrogen-bond acceptors (Lipinski definition) is 8. The molecule has 0 fully saturated rings. The third-order valence-corrected chi connectivity index (χ3v) is 3.73. The maximum Gasteiger partial charge on any atom is 0.272 e. The molecule has 12 heteroatoms. The van der Waals surface area contributed by atoms with Crippen molar-refractivity contribution in [2.75, 3.05) is 12.9 Å². The van der Waals surface area contributed by atoms with E-state index in [4.69, 9.17) is 9.26 Å². The number of halogens is 2. The molecule has 1 atom stereocenters. The summed E-state index contributed by atoms with van der Waals surface area (Å²) < 4.78 is 59.6. The van der Waals surface area contributed by atoms with Gasteiger partial charge in [-0.1, -0.05) is 19.0 Å². The van der Waals surface area contributed by atoms with Gasteiger partial charge in [0, 0.05) is 0 Å². The van der Waals surface area contributed by atoms with E-state index in [2.05, 4.69) is 24.8 Å². The number of rotatable bonds is 9. The minimum atomic E-state index is -3.48. The van der Waals surface area contributed by atoms with Crippen molar-refractivity contribution in [1.82, 2.24) is 24.8 Å². The molecule has 0 saturated carbocycles. The van der Waals surface area contributed by atoms with Gasteiger partial charge in [0.25, 0.3) is 6.43 Å². The van der Waals surface area contributed by atoms with Gasteiger partial charge in [-0.05, 0) is 12.3 Å². The largest absolute Gasteiger partial charge is 0.470 e. The fourth-order valence-corrected chi connectivity index (χ4v) is 2.78. The van der Waals surface area contributed by atoms with Crippen LogP contribution in [0.3, 0.4) is 0 Å². The van der Waals surface area contributed by atoms with Crippen molar-refractivity contribution in [2.45, 2.75) is 32.7 Å². The highest BCUT2D eigenvalue weighted by Crippen LogP contribution is 2.23. The number of nitrogens with zero attached hydrogens (tertiary/aromatic N) is 4. The molecular weight excluding hydrogens is 372 g/mol. The van der Waals surface area contributed by atoms with Gasteiger partial charge in [-0.2, -0.15) is 4.98 Å². The Bertz CT molecular complexity index is 811. The van der Waals surface area contributed by atoms with E-state index >= 15 is 0 Å². The Morgan fingerprint density at radius 1 is 1.27 bits per heavy atom. The zero-order chi connectivity index (χ0) is 19.3. The van der Waals surface area contributed by atoms with Crippen molar-refractivity contribution in [3.05, 3.63) is 18.3 Å². The smallest absolute Gasteiger partial charge is 0.272 e. The highest BCUT2D eigenvalue weighted by atomic mass is 32.2. The van der Waals surface area contributed by atoms with Gasteiger partial charge in [-0.15, -0.1) is 0 Å². The molecule has 0 aliphatic carbocycles. The molecule has 1 N–H and O–H groups in total. The molecule has 0 radical (unpaired) electrons. The molecule has 0 bridgehead atoms. The van der Waals surface area contributed by atoms with E-state index in [1.807, 2.05) is 13.8 Å². The molecule has 2 heterocycles. The summed E-state index contributed by atoms with van der Waals surface area (Å²) in [6.45, 7) is 3.07. The summed E-state index contributed by atoms with van der Waals surface area (Å²) in [5, 5.41) is 3.76. The molecule has 9 nitrogen and oxygen atoms in total. The summed E-state index contributed by atoms with van der Waals surface area (Å²) in [5.41, 5.74) is 0.229. The van der Waals surface area contributed by atoms with Gasteiger partial charge >= 0.3 is 0 Å². The molecule has 0 amide bonds. The Labute approximate surface area is 149 Å². The third-order valence-electron chi connectivity index (χ3n) is 3.02. The number of ether oxygens (including phenoxy) is 1. The molecular formula is C14H19F2N5O4S. The summed E-state index contributed by atoms with van der Waals surface area (Å²) >= 11 is 0. The summed E-state index contributed by atoms with van der Waals surface area (Å²) in [4.78, 5) is 12.0. The lowest BCUT2D eigenvalue weighted by Gasteiger charge is -2.15. The Morgan fingerprint density at radius 2 is 2.00 bits per heavy atom. The Hall–Kier alpha value is -2.21. The van der Waals surface area contributed by atoms with Crippen LogP contribution in [0.25, 0.3) is 11.5 Å². The number of alkyl halides is 2. The molecule has 2 rings (SSSR count). The molecule has 0 aliphatic heterocycles. The topological polar surface area (TPSA) is 120 Å². The first-order valence-electron chi connectivity index (χ1n) is 7.68. The molecule has 1 unspecified atom stereocenters. The quantitative estimate of drug-likeness (QED) is 0.687. The molecule has 2 aromatic heterocycles. The number of nitrogens with one attached hydrogen (secondary N) is 1. The lowest BCUT2D eigenvalue weighted by Crippen LogP contribution is -2.28. The molecule has 0 spiro atoms. The van der Waals surface area contributed by atoms with Crippen LogP contribution in [0.5, 0.6) is 5.88 Å². The Morgan fingerprint density at radius 3 is 2.54 bits per heavy atom. The fourth-order valence-electron chi connectivity index (χ4n) is 2.06. The van der Waals surface area contributed by atoms with Gasteiger partial charge in [0.15, 0.2) is 6.61 Å². The maximum atomic E-state index is 12.1. The van der Waals surface area contributed by atoms with Crippen LogP contribution in [0.2, 0.25) is 0 Å². The van der Waals surface area contributed by atoms with E-state index < -0.39 is 29.1 Å². The molecule has 26 heavy (non-hydrogen) atoms. The zero-order valence-electron chi connectivity index (χ0n) is 14.4. The lowest BCUT2D eigenvalue weighted by molar-refractivity contribution is 0.0794. The number of hydrogen-bond donors (Lipinski definition) is 1. The maximum absolute atomic E-state index is 12.1. The first kappa shape index (κ1) is 20.1. The molecule has 0 saturated heterocycles.